The summed E-state index contributed by atoms with van der Waals surface area (Å²) in [5.41, 5.74) is 0.540. The highest BCUT2D eigenvalue weighted by Crippen LogP contribution is 2.27. The molecule has 5 nitrogen and oxygen atoms in total. The van der Waals surface area contributed by atoms with E-state index in [0.717, 1.165) is 6.07 Å². The third kappa shape index (κ3) is 2.89. The zero-order valence-electron chi connectivity index (χ0n) is 8.47. The maximum atomic E-state index is 10.3. The Hall–Kier alpha value is -2.22. The first-order chi connectivity index (χ1) is 7.54. The molecule has 1 aromatic rings. The van der Waals surface area contributed by atoms with E-state index in [1.807, 2.05) is 0 Å². The highest BCUT2D eigenvalue weighted by atomic mass is 16.4. The van der Waals surface area contributed by atoms with E-state index in [9.17, 15) is 15.0 Å². The van der Waals surface area contributed by atoms with Crippen LogP contribution in [-0.2, 0) is 11.2 Å². The van der Waals surface area contributed by atoms with Gasteiger partial charge in [-0.05, 0) is 24.5 Å². The van der Waals surface area contributed by atoms with Crippen LogP contribution in [0.4, 0.5) is 0 Å². The fraction of sp³-hybridized carbons (Fsp3) is 0.273. The molecule has 1 rings (SSSR count). The number of aromatic hydroxyl groups is 2. The SMILES string of the molecule is N#Cc1cc(CCCC(=O)O)c(O)cc1O. The first kappa shape index (κ1) is 11.9. The number of carboxylic acids is 1. The van der Waals surface area contributed by atoms with Crippen LogP contribution in [0.1, 0.15) is 24.0 Å². The fourth-order valence-electron chi connectivity index (χ4n) is 1.34. The van der Waals surface area contributed by atoms with E-state index < -0.39 is 5.97 Å². The van der Waals surface area contributed by atoms with Gasteiger partial charge in [0.05, 0.1) is 5.56 Å². The number of hydrogen-bond acceptors (Lipinski definition) is 4. The number of phenols is 2. The topological polar surface area (TPSA) is 102 Å². The lowest BCUT2D eigenvalue weighted by molar-refractivity contribution is -0.137. The Bertz CT molecular complexity index is 448. The lowest BCUT2D eigenvalue weighted by Gasteiger charge is -2.05. The molecular weight excluding hydrogens is 210 g/mol. The number of nitrogens with zero attached hydrogens (tertiary/aromatic N) is 1. The van der Waals surface area contributed by atoms with Crippen LogP contribution in [0.2, 0.25) is 0 Å². The van der Waals surface area contributed by atoms with Gasteiger partial charge in [-0.1, -0.05) is 0 Å². The molecule has 0 bridgehead atoms. The molecule has 0 heterocycles. The summed E-state index contributed by atoms with van der Waals surface area (Å²) in [5.74, 6) is -1.30. The summed E-state index contributed by atoms with van der Waals surface area (Å²) < 4.78 is 0. The first-order valence-corrected chi connectivity index (χ1v) is 4.71. The van der Waals surface area contributed by atoms with Crippen LogP contribution < -0.4 is 0 Å². The lowest BCUT2D eigenvalue weighted by atomic mass is 10.0. The van der Waals surface area contributed by atoms with Crippen LogP contribution in [-0.4, -0.2) is 21.3 Å². The Morgan fingerprint density at radius 2 is 2.00 bits per heavy atom. The standard InChI is InChI=1S/C11H11NO4/c12-6-8-4-7(2-1-3-11(15)16)9(13)5-10(8)14/h4-5,13-14H,1-3H2,(H,15,16). The van der Waals surface area contributed by atoms with Crippen LogP contribution in [0.25, 0.3) is 0 Å². The van der Waals surface area contributed by atoms with E-state index in [2.05, 4.69) is 0 Å². The van der Waals surface area contributed by atoms with Crippen LogP contribution in [0, 0.1) is 11.3 Å². The monoisotopic (exact) mass is 221 g/mol. The Morgan fingerprint density at radius 3 is 2.56 bits per heavy atom. The molecule has 0 saturated heterocycles. The van der Waals surface area contributed by atoms with Crippen molar-refractivity contribution >= 4 is 5.97 Å². The minimum absolute atomic E-state index is 0.00219. The number of phenolic OH excluding ortho intramolecular Hbond substituents is 2. The normalized spacial score (nSPS) is 9.69. The van der Waals surface area contributed by atoms with Crippen molar-refractivity contribution in [2.75, 3.05) is 0 Å². The second-order valence-electron chi connectivity index (χ2n) is 3.36. The molecule has 3 N–H and O–H groups in total. The van der Waals surface area contributed by atoms with E-state index in [4.69, 9.17) is 10.4 Å². The van der Waals surface area contributed by atoms with Gasteiger partial charge in [-0.3, -0.25) is 4.79 Å². The van der Waals surface area contributed by atoms with Crippen molar-refractivity contribution in [2.45, 2.75) is 19.3 Å². The van der Waals surface area contributed by atoms with Gasteiger partial charge in [-0.25, -0.2) is 0 Å². The quantitative estimate of drug-likeness (QED) is 0.712. The average Bonchev–Trinajstić information content (AvgIpc) is 2.20. The highest BCUT2D eigenvalue weighted by molar-refractivity contribution is 5.66. The molecule has 0 fully saturated rings. The van der Waals surface area contributed by atoms with E-state index in [1.165, 1.54) is 6.07 Å². The molecular formula is C11H11NO4. The number of hydrogen-bond donors (Lipinski definition) is 3. The number of carbonyl (C=O) groups is 1. The number of aryl methyl sites for hydroxylation is 1. The Kier molecular flexibility index (Phi) is 3.72. The van der Waals surface area contributed by atoms with Crippen LogP contribution >= 0.6 is 0 Å². The van der Waals surface area contributed by atoms with Crippen LogP contribution in [0.3, 0.4) is 0 Å². The van der Waals surface area contributed by atoms with Crippen molar-refractivity contribution in [1.82, 2.24) is 0 Å². The third-order valence-corrected chi connectivity index (χ3v) is 2.15. The summed E-state index contributed by atoms with van der Waals surface area (Å²) in [6.45, 7) is 0. The molecule has 0 aromatic heterocycles. The van der Waals surface area contributed by atoms with Crippen LogP contribution in [0.5, 0.6) is 11.5 Å². The molecule has 84 valence electrons. The third-order valence-electron chi connectivity index (χ3n) is 2.15. The number of aliphatic carboxylic acids is 1. The molecule has 0 unspecified atom stereocenters. The van der Waals surface area contributed by atoms with Gasteiger partial charge in [0.25, 0.3) is 0 Å². The molecule has 16 heavy (non-hydrogen) atoms. The molecule has 0 saturated carbocycles. The van der Waals surface area contributed by atoms with Gasteiger partial charge in [0, 0.05) is 12.5 Å². The Balaban J connectivity index is 2.80. The summed E-state index contributed by atoms with van der Waals surface area (Å²) in [6, 6.07) is 4.24. The van der Waals surface area contributed by atoms with Gasteiger partial charge < -0.3 is 15.3 Å². The predicted molar refractivity (Wildman–Crippen MR) is 55.1 cm³/mol. The van der Waals surface area contributed by atoms with Crippen molar-refractivity contribution in [1.29, 1.82) is 5.26 Å². The summed E-state index contributed by atoms with van der Waals surface area (Å²) >= 11 is 0. The Morgan fingerprint density at radius 1 is 1.31 bits per heavy atom. The van der Waals surface area contributed by atoms with Crippen molar-refractivity contribution in [2.24, 2.45) is 0 Å². The fourth-order valence-corrected chi connectivity index (χ4v) is 1.34. The summed E-state index contributed by atoms with van der Waals surface area (Å²) in [5, 5.41) is 35.8. The minimum Gasteiger partial charge on any atom is -0.508 e. The van der Waals surface area contributed by atoms with Crippen LogP contribution in [0.15, 0.2) is 12.1 Å². The van der Waals surface area contributed by atoms with Crippen molar-refractivity contribution in [3.63, 3.8) is 0 Å². The van der Waals surface area contributed by atoms with Gasteiger partial charge >= 0.3 is 5.97 Å². The summed E-state index contributed by atoms with van der Waals surface area (Å²) in [4.78, 5) is 10.3. The van der Waals surface area contributed by atoms with Crippen molar-refractivity contribution < 1.29 is 20.1 Å². The lowest BCUT2D eigenvalue weighted by Crippen LogP contribution is -1.96. The van der Waals surface area contributed by atoms with E-state index in [-0.39, 0.29) is 23.5 Å². The highest BCUT2D eigenvalue weighted by Gasteiger charge is 2.08. The first-order valence-electron chi connectivity index (χ1n) is 4.71. The Labute approximate surface area is 92.2 Å². The molecule has 0 aliphatic rings. The van der Waals surface area contributed by atoms with E-state index in [0.29, 0.717) is 18.4 Å². The van der Waals surface area contributed by atoms with Gasteiger partial charge in [-0.2, -0.15) is 5.26 Å². The van der Waals surface area contributed by atoms with E-state index >= 15 is 0 Å². The van der Waals surface area contributed by atoms with Gasteiger partial charge in [-0.15, -0.1) is 0 Å². The molecule has 1 aromatic carbocycles. The van der Waals surface area contributed by atoms with Crippen molar-refractivity contribution in [3.8, 4) is 17.6 Å². The maximum Gasteiger partial charge on any atom is 0.303 e. The second kappa shape index (κ2) is 5.03. The molecule has 0 atom stereocenters. The van der Waals surface area contributed by atoms with Gasteiger partial charge in [0.15, 0.2) is 0 Å². The predicted octanol–water partition coefficient (Wildman–Crippen LogP) is 1.38. The minimum atomic E-state index is -0.904. The zero-order valence-corrected chi connectivity index (χ0v) is 8.47. The molecule has 0 amide bonds. The van der Waals surface area contributed by atoms with Gasteiger partial charge in [0.1, 0.15) is 17.6 Å². The van der Waals surface area contributed by atoms with E-state index in [1.54, 1.807) is 6.07 Å². The number of rotatable bonds is 4. The molecule has 5 heteroatoms. The number of nitriles is 1. The number of benzene rings is 1. The number of carboxylic acid groups (broad SMARTS) is 1. The molecule has 0 spiro atoms. The average molecular weight is 221 g/mol. The van der Waals surface area contributed by atoms with Crippen molar-refractivity contribution in [3.05, 3.63) is 23.3 Å². The maximum absolute atomic E-state index is 10.3. The summed E-state index contributed by atoms with van der Waals surface area (Å²) in [7, 11) is 0. The smallest absolute Gasteiger partial charge is 0.303 e. The molecule has 0 radical (unpaired) electrons. The zero-order chi connectivity index (χ0) is 12.1. The molecule has 0 aliphatic carbocycles. The van der Waals surface area contributed by atoms with Gasteiger partial charge in [0.2, 0.25) is 0 Å². The molecule has 0 aliphatic heterocycles. The summed E-state index contributed by atoms with van der Waals surface area (Å²) in [6.07, 6.45) is 0.730. The second-order valence-corrected chi connectivity index (χ2v) is 3.36. The largest absolute Gasteiger partial charge is 0.508 e.